The van der Waals surface area contributed by atoms with Gasteiger partial charge in [-0.3, -0.25) is 0 Å². The number of carbonyl (C=O) groups is 1. The van der Waals surface area contributed by atoms with Crippen LogP contribution in [0.4, 0.5) is 0 Å². The Kier molecular flexibility index (Phi) is 1.96. The Bertz CT molecular complexity index is 264. The summed E-state index contributed by atoms with van der Waals surface area (Å²) >= 11 is 2.95. The molecule has 0 saturated heterocycles. The predicted molar refractivity (Wildman–Crippen MR) is 34.1 cm³/mol. The molecule has 5 heteroatoms. The van der Waals surface area contributed by atoms with Crippen LogP contribution in [0.2, 0.25) is 0 Å². The number of aromatic nitrogens is 2. The first-order valence-electron chi connectivity index (χ1n) is 2.38. The van der Waals surface area contributed by atoms with Crippen molar-refractivity contribution in [2.45, 2.75) is 0 Å². The van der Waals surface area contributed by atoms with Crippen molar-refractivity contribution in [2.24, 2.45) is 0 Å². The van der Waals surface area contributed by atoms with Crippen LogP contribution >= 0.6 is 15.9 Å². The highest BCUT2D eigenvalue weighted by Gasteiger charge is 1.99. The van der Waals surface area contributed by atoms with Gasteiger partial charge in [0.15, 0.2) is 0 Å². The van der Waals surface area contributed by atoms with Crippen LogP contribution in [0, 0.1) is 0 Å². The van der Waals surface area contributed by atoms with E-state index in [1.165, 1.54) is 6.20 Å². The first-order chi connectivity index (χ1) is 4.72. The molecule has 0 unspecified atom stereocenters. The van der Waals surface area contributed by atoms with Gasteiger partial charge in [0.25, 0.3) is 0 Å². The summed E-state index contributed by atoms with van der Waals surface area (Å²) in [5, 5.41) is 10.2. The van der Waals surface area contributed by atoms with Crippen molar-refractivity contribution in [1.29, 1.82) is 0 Å². The van der Waals surface area contributed by atoms with Gasteiger partial charge >= 0.3 is 0 Å². The van der Waals surface area contributed by atoms with Gasteiger partial charge in [-0.1, -0.05) is 0 Å². The second kappa shape index (κ2) is 2.74. The average molecular weight is 202 g/mol. The van der Waals surface area contributed by atoms with Crippen LogP contribution in [0.3, 0.4) is 0 Å². The zero-order chi connectivity index (χ0) is 7.56. The van der Waals surface area contributed by atoms with Crippen molar-refractivity contribution in [3.05, 3.63) is 22.7 Å². The maximum absolute atomic E-state index is 10.2. The molecule has 0 aliphatic carbocycles. The summed E-state index contributed by atoms with van der Waals surface area (Å²) in [5.74, 6) is -1.31. The first-order valence-corrected chi connectivity index (χ1v) is 3.18. The van der Waals surface area contributed by atoms with E-state index in [1.807, 2.05) is 0 Å². The largest absolute Gasteiger partial charge is 0.543 e. The van der Waals surface area contributed by atoms with E-state index in [0.29, 0.717) is 4.47 Å². The van der Waals surface area contributed by atoms with Crippen LogP contribution in [0.15, 0.2) is 17.0 Å². The van der Waals surface area contributed by atoms with E-state index in [2.05, 4.69) is 25.9 Å². The number of carboxylic acids is 1. The molecule has 0 fully saturated rings. The van der Waals surface area contributed by atoms with E-state index in [0.717, 1.165) is 6.33 Å². The third-order valence-electron chi connectivity index (χ3n) is 0.861. The summed E-state index contributed by atoms with van der Waals surface area (Å²) in [5.41, 5.74) is -0.130. The molecule has 0 amide bonds. The summed E-state index contributed by atoms with van der Waals surface area (Å²) in [7, 11) is 0. The van der Waals surface area contributed by atoms with E-state index in [4.69, 9.17) is 0 Å². The molecule has 0 atom stereocenters. The van der Waals surface area contributed by atoms with Gasteiger partial charge in [-0.05, 0) is 15.9 Å². The molecule has 0 N–H and O–H groups in total. The molecule has 0 aliphatic rings. The molecule has 0 spiro atoms. The van der Waals surface area contributed by atoms with Crippen LogP contribution in [-0.2, 0) is 0 Å². The second-order valence-corrected chi connectivity index (χ2v) is 2.36. The van der Waals surface area contributed by atoms with Crippen molar-refractivity contribution in [3.63, 3.8) is 0 Å². The number of rotatable bonds is 1. The van der Waals surface area contributed by atoms with Crippen molar-refractivity contribution in [1.82, 2.24) is 9.97 Å². The lowest BCUT2D eigenvalue weighted by Gasteiger charge is -2.00. The molecule has 0 radical (unpaired) electrons. The van der Waals surface area contributed by atoms with Crippen molar-refractivity contribution < 1.29 is 9.90 Å². The number of halogens is 1. The lowest BCUT2D eigenvalue weighted by molar-refractivity contribution is -0.255. The van der Waals surface area contributed by atoms with Crippen LogP contribution < -0.4 is 5.11 Å². The third kappa shape index (κ3) is 1.30. The molecule has 1 aromatic rings. The number of aromatic carboxylic acids is 1. The summed E-state index contributed by atoms with van der Waals surface area (Å²) in [6, 6.07) is 0. The fraction of sp³-hybridized carbons (Fsp3) is 0. The fourth-order valence-corrected chi connectivity index (χ4v) is 0.845. The first kappa shape index (κ1) is 7.14. The van der Waals surface area contributed by atoms with Gasteiger partial charge in [-0.15, -0.1) is 0 Å². The number of hydrogen-bond donors (Lipinski definition) is 0. The molecule has 0 aliphatic heterocycles. The fourth-order valence-electron chi connectivity index (χ4n) is 0.463. The molecule has 1 heterocycles. The monoisotopic (exact) mass is 201 g/mol. The molecule has 1 rings (SSSR count). The molecule has 0 saturated carbocycles. The molecular weight excluding hydrogens is 200 g/mol. The quantitative estimate of drug-likeness (QED) is 0.621. The maximum Gasteiger partial charge on any atom is 0.116 e. The Morgan fingerprint density at radius 3 is 2.80 bits per heavy atom. The lowest BCUT2D eigenvalue weighted by Crippen LogP contribution is -2.24. The van der Waals surface area contributed by atoms with E-state index < -0.39 is 5.97 Å². The smallest absolute Gasteiger partial charge is 0.116 e. The summed E-state index contributed by atoms with van der Waals surface area (Å²) < 4.78 is 0.329. The number of carbonyl (C=O) groups excluding carboxylic acids is 1. The highest BCUT2D eigenvalue weighted by atomic mass is 79.9. The predicted octanol–water partition coefficient (Wildman–Crippen LogP) is -0.397. The van der Waals surface area contributed by atoms with Crippen LogP contribution in [0.1, 0.15) is 10.5 Å². The number of carboxylic acid groups (broad SMARTS) is 1. The van der Waals surface area contributed by atoms with E-state index in [-0.39, 0.29) is 5.69 Å². The van der Waals surface area contributed by atoms with E-state index >= 15 is 0 Å². The minimum Gasteiger partial charge on any atom is -0.543 e. The normalized spacial score (nSPS) is 9.30. The lowest BCUT2D eigenvalue weighted by atomic mass is 10.4. The Morgan fingerprint density at radius 2 is 2.40 bits per heavy atom. The van der Waals surface area contributed by atoms with Gasteiger partial charge < -0.3 is 9.90 Å². The van der Waals surface area contributed by atoms with Gasteiger partial charge in [0, 0.05) is 6.20 Å². The topological polar surface area (TPSA) is 65.9 Å². The van der Waals surface area contributed by atoms with Crippen molar-refractivity contribution in [2.75, 3.05) is 0 Å². The van der Waals surface area contributed by atoms with Gasteiger partial charge in [0.2, 0.25) is 0 Å². The van der Waals surface area contributed by atoms with Crippen LogP contribution in [0.25, 0.3) is 0 Å². The molecule has 0 aromatic carbocycles. The highest BCUT2D eigenvalue weighted by Crippen LogP contribution is 2.09. The molecule has 52 valence electrons. The van der Waals surface area contributed by atoms with E-state index in [1.54, 1.807) is 0 Å². The Hall–Kier alpha value is -0.970. The highest BCUT2D eigenvalue weighted by molar-refractivity contribution is 9.10. The minimum absolute atomic E-state index is 0.130. The number of nitrogens with zero attached hydrogens (tertiary/aromatic N) is 2. The molecule has 10 heavy (non-hydrogen) atoms. The molecule has 4 nitrogen and oxygen atoms in total. The zero-order valence-corrected chi connectivity index (χ0v) is 6.33. The van der Waals surface area contributed by atoms with Gasteiger partial charge in [-0.25, -0.2) is 9.97 Å². The van der Waals surface area contributed by atoms with Crippen molar-refractivity contribution in [3.8, 4) is 0 Å². The maximum atomic E-state index is 10.2. The minimum atomic E-state index is -1.31. The molecule has 1 aromatic heterocycles. The second-order valence-electron chi connectivity index (χ2n) is 1.51. The van der Waals surface area contributed by atoms with Gasteiger partial charge in [0.1, 0.15) is 12.0 Å². The Balaban J connectivity index is 3.15. The molecule has 0 bridgehead atoms. The summed E-state index contributed by atoms with van der Waals surface area (Å²) in [4.78, 5) is 17.2. The molecular formula is C5H2BrN2O2-. The SMILES string of the molecule is O=C([O-])c1ncncc1Br. The average Bonchev–Trinajstić information content (AvgIpc) is 1.88. The Labute approximate surface area is 65.1 Å². The zero-order valence-electron chi connectivity index (χ0n) is 4.74. The summed E-state index contributed by atoms with van der Waals surface area (Å²) in [6.07, 6.45) is 2.49. The summed E-state index contributed by atoms with van der Waals surface area (Å²) in [6.45, 7) is 0. The Morgan fingerprint density at radius 1 is 1.70 bits per heavy atom. The third-order valence-corrected chi connectivity index (χ3v) is 1.44. The number of hydrogen-bond acceptors (Lipinski definition) is 4. The van der Waals surface area contributed by atoms with Crippen molar-refractivity contribution >= 4 is 21.9 Å². The van der Waals surface area contributed by atoms with E-state index in [9.17, 15) is 9.90 Å². The van der Waals surface area contributed by atoms with Gasteiger partial charge in [-0.2, -0.15) is 0 Å². The van der Waals surface area contributed by atoms with Gasteiger partial charge in [0.05, 0.1) is 10.4 Å². The van der Waals surface area contributed by atoms with Crippen LogP contribution in [0.5, 0.6) is 0 Å². The standard InChI is InChI=1S/C5H3BrN2O2/c6-3-1-7-2-8-4(3)5(9)10/h1-2H,(H,9,10)/p-1. The van der Waals surface area contributed by atoms with Crippen LogP contribution in [-0.4, -0.2) is 15.9 Å².